The van der Waals surface area contributed by atoms with E-state index in [4.69, 9.17) is 9.15 Å². The number of carbonyl (C=O) groups excluding carboxylic acids is 2. The summed E-state index contributed by atoms with van der Waals surface area (Å²) in [7, 11) is 0. The summed E-state index contributed by atoms with van der Waals surface area (Å²) in [4.78, 5) is 32.4. The molecule has 0 radical (unpaired) electrons. The minimum Gasteiger partial charge on any atom is -0.445 e. The monoisotopic (exact) mass is 497 g/mol. The Hall–Kier alpha value is -3.45. The van der Waals surface area contributed by atoms with E-state index in [1.807, 2.05) is 24.3 Å². The Kier molecular flexibility index (Phi) is 5.43. The molecule has 7 rings (SSSR count). The third kappa shape index (κ3) is 3.96. The molecule has 2 amide bonds. The second-order valence-electron chi connectivity index (χ2n) is 11.2. The van der Waals surface area contributed by atoms with Gasteiger partial charge in [-0.25, -0.2) is 4.98 Å². The van der Waals surface area contributed by atoms with Gasteiger partial charge in [0.05, 0.1) is 19.4 Å². The fourth-order valence-corrected chi connectivity index (χ4v) is 7.15. The number of nitrogens with zero attached hydrogens (tertiary/aromatic N) is 2. The van der Waals surface area contributed by atoms with Gasteiger partial charge in [-0.05, 0) is 77.8 Å². The molecule has 2 aliphatic carbocycles. The van der Waals surface area contributed by atoms with Gasteiger partial charge in [0, 0.05) is 36.7 Å². The highest BCUT2D eigenvalue weighted by molar-refractivity contribution is 5.91. The van der Waals surface area contributed by atoms with Crippen LogP contribution in [0.15, 0.2) is 65.4 Å². The van der Waals surface area contributed by atoms with Gasteiger partial charge in [-0.2, -0.15) is 0 Å². The van der Waals surface area contributed by atoms with Crippen LogP contribution >= 0.6 is 0 Å². The van der Waals surface area contributed by atoms with E-state index in [1.165, 1.54) is 11.1 Å². The molecule has 37 heavy (non-hydrogen) atoms. The first-order valence-corrected chi connectivity index (χ1v) is 13.4. The molecule has 190 valence electrons. The van der Waals surface area contributed by atoms with E-state index in [-0.39, 0.29) is 23.2 Å². The lowest BCUT2D eigenvalue weighted by molar-refractivity contribution is -0.135. The standard InChI is InChI=1S/C30H31N3O4/c34-26(32-21-7-5-19(6-8-21)28-31-11-14-37-28)15-20-16-30(25-4-2-1-3-22(20)25)9-12-33(13-10-30)29(35)27-23-17-36-18-24(23)27/h1-8,11,14,20,23-24,27H,9-10,12-13,15-18H2,(H,32,34)/t20?,23-,24+,27?. The molecule has 2 saturated heterocycles. The molecule has 1 saturated carbocycles. The highest BCUT2D eigenvalue weighted by Crippen LogP contribution is 2.55. The molecule has 0 bridgehead atoms. The second-order valence-corrected chi connectivity index (χ2v) is 11.2. The van der Waals surface area contributed by atoms with E-state index in [0.717, 1.165) is 56.8 Å². The van der Waals surface area contributed by atoms with Crippen molar-refractivity contribution < 1.29 is 18.7 Å². The summed E-state index contributed by atoms with van der Waals surface area (Å²) in [6, 6.07) is 16.2. The largest absolute Gasteiger partial charge is 0.445 e. The lowest BCUT2D eigenvalue weighted by Crippen LogP contribution is -2.45. The van der Waals surface area contributed by atoms with Gasteiger partial charge < -0.3 is 19.4 Å². The summed E-state index contributed by atoms with van der Waals surface area (Å²) in [6.45, 7) is 3.11. The summed E-state index contributed by atoms with van der Waals surface area (Å²) >= 11 is 0. The number of fused-ring (bicyclic) bond motifs is 3. The van der Waals surface area contributed by atoms with Gasteiger partial charge in [0.25, 0.3) is 0 Å². The topological polar surface area (TPSA) is 84.7 Å². The first-order valence-electron chi connectivity index (χ1n) is 13.4. The van der Waals surface area contributed by atoms with Crippen LogP contribution in [0.25, 0.3) is 11.5 Å². The van der Waals surface area contributed by atoms with Crippen LogP contribution in [0.4, 0.5) is 5.69 Å². The Balaban J connectivity index is 1.01. The van der Waals surface area contributed by atoms with Crippen LogP contribution in [0.5, 0.6) is 0 Å². The molecular formula is C30H31N3O4. The van der Waals surface area contributed by atoms with Crippen LogP contribution < -0.4 is 5.32 Å². The number of likely N-dealkylation sites (tertiary alicyclic amines) is 1. The summed E-state index contributed by atoms with van der Waals surface area (Å²) in [5.41, 5.74) is 4.37. The van der Waals surface area contributed by atoms with Gasteiger partial charge in [0.2, 0.25) is 17.7 Å². The van der Waals surface area contributed by atoms with Crippen LogP contribution in [0.2, 0.25) is 0 Å². The molecule has 4 aliphatic rings. The molecule has 7 heteroatoms. The molecule has 7 nitrogen and oxygen atoms in total. The van der Waals surface area contributed by atoms with E-state index in [0.29, 0.717) is 30.1 Å². The lowest BCUT2D eigenvalue weighted by Gasteiger charge is -2.40. The number of hydrogen-bond acceptors (Lipinski definition) is 5. The number of oxazole rings is 1. The number of ether oxygens (including phenoxy) is 1. The van der Waals surface area contributed by atoms with Gasteiger partial charge in [0.15, 0.2) is 0 Å². The predicted molar refractivity (Wildman–Crippen MR) is 138 cm³/mol. The van der Waals surface area contributed by atoms with Crippen LogP contribution in [-0.4, -0.2) is 48.0 Å². The van der Waals surface area contributed by atoms with Crippen LogP contribution in [0, 0.1) is 17.8 Å². The zero-order chi connectivity index (χ0) is 25.0. The molecule has 3 fully saturated rings. The quantitative estimate of drug-likeness (QED) is 0.557. The molecule has 1 N–H and O–H groups in total. The van der Waals surface area contributed by atoms with Crippen LogP contribution in [0.1, 0.15) is 42.7 Å². The maximum absolute atomic E-state index is 13.1. The number of anilines is 1. The van der Waals surface area contributed by atoms with Crippen LogP contribution in [-0.2, 0) is 19.7 Å². The van der Waals surface area contributed by atoms with Gasteiger partial charge in [-0.15, -0.1) is 0 Å². The normalized spacial score (nSPS) is 27.1. The number of nitrogens with one attached hydrogen (secondary N) is 1. The molecular weight excluding hydrogens is 466 g/mol. The van der Waals surface area contributed by atoms with Gasteiger partial charge in [-0.1, -0.05) is 24.3 Å². The third-order valence-electron chi connectivity index (χ3n) is 9.16. The minimum atomic E-state index is 0.0239. The molecule has 1 spiro atoms. The summed E-state index contributed by atoms with van der Waals surface area (Å²) in [5.74, 6) is 2.21. The van der Waals surface area contributed by atoms with Crippen molar-refractivity contribution in [1.82, 2.24) is 9.88 Å². The van der Waals surface area contributed by atoms with E-state index >= 15 is 0 Å². The average Bonchev–Trinajstić information content (AvgIpc) is 3.35. The van der Waals surface area contributed by atoms with Crippen molar-refractivity contribution in [2.75, 3.05) is 31.6 Å². The predicted octanol–water partition coefficient (Wildman–Crippen LogP) is 4.61. The molecule has 3 heterocycles. The zero-order valence-corrected chi connectivity index (χ0v) is 20.8. The van der Waals surface area contributed by atoms with Crippen molar-refractivity contribution in [3.63, 3.8) is 0 Å². The van der Waals surface area contributed by atoms with Crippen molar-refractivity contribution >= 4 is 17.5 Å². The molecule has 3 aromatic rings. The average molecular weight is 498 g/mol. The summed E-state index contributed by atoms with van der Waals surface area (Å²) in [5, 5.41) is 3.07. The Morgan fingerprint density at radius 3 is 2.51 bits per heavy atom. The number of aromatic nitrogens is 1. The van der Waals surface area contributed by atoms with E-state index in [1.54, 1.807) is 12.5 Å². The minimum absolute atomic E-state index is 0.0239. The summed E-state index contributed by atoms with van der Waals surface area (Å²) in [6.07, 6.45) is 6.52. The lowest BCUT2D eigenvalue weighted by atomic mass is 9.73. The Morgan fingerprint density at radius 2 is 1.78 bits per heavy atom. The number of rotatable bonds is 5. The van der Waals surface area contributed by atoms with Crippen molar-refractivity contribution in [2.24, 2.45) is 17.8 Å². The third-order valence-corrected chi connectivity index (χ3v) is 9.16. The SMILES string of the molecule is O=C(CC1CC2(CCN(C(=O)C3[C@H]4COC[C@@H]34)CC2)c2ccccc21)Nc1ccc(-c2ncco2)cc1. The maximum Gasteiger partial charge on any atom is 0.226 e. The van der Waals surface area contributed by atoms with E-state index in [2.05, 4.69) is 39.5 Å². The van der Waals surface area contributed by atoms with Crippen molar-refractivity contribution in [3.05, 3.63) is 72.1 Å². The van der Waals surface area contributed by atoms with Crippen LogP contribution in [0.3, 0.4) is 0 Å². The first kappa shape index (κ1) is 22.7. The molecule has 2 aromatic carbocycles. The number of hydrogen-bond donors (Lipinski definition) is 1. The van der Waals surface area contributed by atoms with Gasteiger partial charge >= 0.3 is 0 Å². The second kappa shape index (κ2) is 8.84. The van der Waals surface area contributed by atoms with Gasteiger partial charge in [-0.3, -0.25) is 9.59 Å². The fourth-order valence-electron chi connectivity index (χ4n) is 7.15. The molecule has 2 unspecified atom stereocenters. The molecule has 1 aromatic heterocycles. The number of amides is 2. The Morgan fingerprint density at radius 1 is 1.03 bits per heavy atom. The molecule has 2 aliphatic heterocycles. The Labute approximate surface area is 216 Å². The number of carbonyl (C=O) groups is 2. The van der Waals surface area contributed by atoms with Crippen molar-refractivity contribution in [2.45, 2.75) is 37.0 Å². The summed E-state index contributed by atoms with van der Waals surface area (Å²) < 4.78 is 10.8. The Bertz CT molecular complexity index is 1300. The molecule has 4 atom stereocenters. The first-order chi connectivity index (χ1) is 18.1. The van der Waals surface area contributed by atoms with E-state index in [9.17, 15) is 9.59 Å². The zero-order valence-electron chi connectivity index (χ0n) is 20.8. The smallest absolute Gasteiger partial charge is 0.226 e. The highest BCUT2D eigenvalue weighted by Gasteiger charge is 2.59. The van der Waals surface area contributed by atoms with Crippen molar-refractivity contribution in [1.29, 1.82) is 0 Å². The number of piperidine rings is 1. The maximum atomic E-state index is 13.1. The van der Waals surface area contributed by atoms with Crippen molar-refractivity contribution in [3.8, 4) is 11.5 Å². The van der Waals surface area contributed by atoms with Gasteiger partial charge in [0.1, 0.15) is 6.26 Å². The number of benzene rings is 2. The highest BCUT2D eigenvalue weighted by atomic mass is 16.5. The van der Waals surface area contributed by atoms with E-state index < -0.39 is 0 Å². The fraction of sp³-hybridized carbons (Fsp3) is 0.433.